The lowest BCUT2D eigenvalue weighted by Crippen LogP contribution is -2.01. The van der Waals surface area contributed by atoms with Gasteiger partial charge in [-0.2, -0.15) is 0 Å². The summed E-state index contributed by atoms with van der Waals surface area (Å²) in [5.74, 6) is -0.297. The Bertz CT molecular complexity index is 580. The van der Waals surface area contributed by atoms with Gasteiger partial charge in [-0.15, -0.1) is 11.3 Å². The molecule has 0 radical (unpaired) electrons. The van der Waals surface area contributed by atoms with Crippen LogP contribution in [0.15, 0.2) is 24.4 Å². The van der Waals surface area contributed by atoms with E-state index in [9.17, 15) is 9.18 Å². The second-order valence-corrected chi connectivity index (χ2v) is 5.15. The van der Waals surface area contributed by atoms with E-state index in [-0.39, 0.29) is 18.1 Å². The standard InChI is InChI=1S/C13H12FNO2S/c1-8(16)12-4-3-10(14)5-13(12)17-7-11-6-15-9(2)18-11/h3-6H,7H2,1-2H3. The van der Waals surface area contributed by atoms with E-state index < -0.39 is 5.82 Å². The molecule has 5 heteroatoms. The molecule has 3 nitrogen and oxygen atoms in total. The molecule has 2 rings (SSSR count). The van der Waals surface area contributed by atoms with Gasteiger partial charge >= 0.3 is 0 Å². The summed E-state index contributed by atoms with van der Waals surface area (Å²) in [6.45, 7) is 3.61. The van der Waals surface area contributed by atoms with Gasteiger partial charge in [0.2, 0.25) is 0 Å². The van der Waals surface area contributed by atoms with E-state index in [1.807, 2.05) is 6.92 Å². The van der Waals surface area contributed by atoms with Crippen molar-refractivity contribution in [3.8, 4) is 5.75 Å². The van der Waals surface area contributed by atoms with Crippen LogP contribution in [0.25, 0.3) is 0 Å². The number of benzene rings is 1. The maximum Gasteiger partial charge on any atom is 0.163 e. The van der Waals surface area contributed by atoms with Gasteiger partial charge in [-0.05, 0) is 26.0 Å². The van der Waals surface area contributed by atoms with E-state index in [1.54, 1.807) is 6.20 Å². The minimum atomic E-state index is -0.421. The molecule has 0 aliphatic heterocycles. The number of halogens is 1. The fourth-order valence-corrected chi connectivity index (χ4v) is 2.24. The number of ketones is 1. The summed E-state index contributed by atoms with van der Waals surface area (Å²) >= 11 is 1.51. The minimum absolute atomic E-state index is 0.148. The number of ether oxygens (including phenoxy) is 1. The molecule has 0 atom stereocenters. The zero-order valence-corrected chi connectivity index (χ0v) is 10.9. The lowest BCUT2D eigenvalue weighted by Gasteiger charge is -2.08. The Morgan fingerprint density at radius 3 is 2.89 bits per heavy atom. The predicted molar refractivity (Wildman–Crippen MR) is 67.6 cm³/mol. The number of aryl methyl sites for hydroxylation is 1. The van der Waals surface area contributed by atoms with Gasteiger partial charge in [-0.1, -0.05) is 0 Å². The minimum Gasteiger partial charge on any atom is -0.487 e. The summed E-state index contributed by atoms with van der Waals surface area (Å²) in [6, 6.07) is 3.91. The zero-order chi connectivity index (χ0) is 13.1. The second kappa shape index (κ2) is 5.27. The van der Waals surface area contributed by atoms with Crippen molar-refractivity contribution in [3.63, 3.8) is 0 Å². The van der Waals surface area contributed by atoms with Gasteiger partial charge in [0.25, 0.3) is 0 Å². The van der Waals surface area contributed by atoms with E-state index in [2.05, 4.69) is 4.98 Å². The quantitative estimate of drug-likeness (QED) is 0.796. The molecule has 94 valence electrons. The normalized spacial score (nSPS) is 10.4. The van der Waals surface area contributed by atoms with E-state index in [1.165, 1.54) is 36.5 Å². The SMILES string of the molecule is CC(=O)c1ccc(F)cc1OCc1cnc(C)s1. The van der Waals surface area contributed by atoms with Gasteiger partial charge in [0.15, 0.2) is 5.78 Å². The molecule has 0 aliphatic carbocycles. The number of nitrogens with zero attached hydrogens (tertiary/aromatic N) is 1. The molecule has 0 fully saturated rings. The van der Waals surface area contributed by atoms with Gasteiger partial charge in [0, 0.05) is 12.3 Å². The molecule has 0 amide bonds. The third-order valence-corrected chi connectivity index (χ3v) is 3.25. The van der Waals surface area contributed by atoms with Crippen molar-refractivity contribution in [2.24, 2.45) is 0 Å². The first-order valence-corrected chi connectivity index (χ1v) is 6.22. The largest absolute Gasteiger partial charge is 0.487 e. The van der Waals surface area contributed by atoms with Crippen molar-refractivity contribution in [2.45, 2.75) is 20.5 Å². The third kappa shape index (κ3) is 2.92. The molecule has 18 heavy (non-hydrogen) atoms. The number of hydrogen-bond donors (Lipinski definition) is 0. The molecule has 0 N–H and O–H groups in total. The fourth-order valence-electron chi connectivity index (χ4n) is 1.53. The van der Waals surface area contributed by atoms with Crippen LogP contribution in [-0.4, -0.2) is 10.8 Å². The molecule has 0 spiro atoms. The Labute approximate surface area is 108 Å². The molecule has 2 aromatic rings. The Hall–Kier alpha value is -1.75. The number of aromatic nitrogens is 1. The molecular weight excluding hydrogens is 253 g/mol. The molecule has 1 aromatic heterocycles. The Morgan fingerprint density at radius 2 is 2.28 bits per heavy atom. The molecule has 1 heterocycles. The second-order valence-electron chi connectivity index (χ2n) is 3.83. The Kier molecular flexibility index (Phi) is 3.72. The van der Waals surface area contributed by atoms with E-state index in [4.69, 9.17) is 4.74 Å². The van der Waals surface area contributed by atoms with Crippen molar-refractivity contribution in [2.75, 3.05) is 0 Å². The van der Waals surface area contributed by atoms with Crippen LogP contribution in [0.3, 0.4) is 0 Å². The molecule has 1 aromatic carbocycles. The van der Waals surface area contributed by atoms with Gasteiger partial charge in [-0.25, -0.2) is 9.37 Å². The first-order chi connectivity index (χ1) is 8.56. The number of thiazole rings is 1. The van der Waals surface area contributed by atoms with Crippen LogP contribution in [-0.2, 0) is 6.61 Å². The average Bonchev–Trinajstić information content (AvgIpc) is 2.72. The highest BCUT2D eigenvalue weighted by atomic mass is 32.1. The number of carbonyl (C=O) groups is 1. The maximum absolute atomic E-state index is 13.1. The first kappa shape index (κ1) is 12.7. The highest BCUT2D eigenvalue weighted by Gasteiger charge is 2.10. The van der Waals surface area contributed by atoms with Crippen molar-refractivity contribution in [1.29, 1.82) is 0 Å². The monoisotopic (exact) mass is 265 g/mol. The van der Waals surface area contributed by atoms with Gasteiger partial charge in [-0.3, -0.25) is 4.79 Å². The van der Waals surface area contributed by atoms with Crippen molar-refractivity contribution >= 4 is 17.1 Å². The van der Waals surface area contributed by atoms with Gasteiger partial charge in [0.05, 0.1) is 15.4 Å². The van der Waals surface area contributed by atoms with Crippen molar-refractivity contribution in [1.82, 2.24) is 4.98 Å². The topological polar surface area (TPSA) is 39.2 Å². The van der Waals surface area contributed by atoms with Crippen LogP contribution in [0, 0.1) is 12.7 Å². The summed E-state index contributed by atoms with van der Waals surface area (Å²) in [6.07, 6.45) is 1.72. The fraction of sp³-hybridized carbons (Fsp3) is 0.231. The molecule has 0 aliphatic rings. The van der Waals surface area contributed by atoms with E-state index >= 15 is 0 Å². The lowest BCUT2D eigenvalue weighted by molar-refractivity contribution is 0.101. The first-order valence-electron chi connectivity index (χ1n) is 5.41. The Morgan fingerprint density at radius 1 is 1.50 bits per heavy atom. The van der Waals surface area contributed by atoms with Gasteiger partial charge < -0.3 is 4.74 Å². The van der Waals surface area contributed by atoms with Crippen LogP contribution >= 0.6 is 11.3 Å². The highest BCUT2D eigenvalue weighted by molar-refractivity contribution is 7.11. The molecule has 0 saturated carbocycles. The summed E-state index contributed by atoms with van der Waals surface area (Å²) in [4.78, 5) is 16.4. The van der Waals surface area contributed by atoms with Crippen LogP contribution in [0.2, 0.25) is 0 Å². The van der Waals surface area contributed by atoms with E-state index in [0.717, 1.165) is 9.88 Å². The number of rotatable bonds is 4. The summed E-state index contributed by atoms with van der Waals surface area (Å²) in [5, 5.41) is 0.944. The third-order valence-electron chi connectivity index (χ3n) is 2.36. The predicted octanol–water partition coefficient (Wildman–Crippen LogP) is 3.37. The summed E-state index contributed by atoms with van der Waals surface area (Å²) < 4.78 is 18.6. The van der Waals surface area contributed by atoms with Crippen molar-refractivity contribution < 1.29 is 13.9 Å². The lowest BCUT2D eigenvalue weighted by atomic mass is 10.1. The number of hydrogen-bond acceptors (Lipinski definition) is 4. The van der Waals surface area contributed by atoms with Crippen LogP contribution < -0.4 is 4.74 Å². The van der Waals surface area contributed by atoms with Crippen LogP contribution in [0.1, 0.15) is 27.2 Å². The molecule has 0 saturated heterocycles. The zero-order valence-electron chi connectivity index (χ0n) is 10.1. The van der Waals surface area contributed by atoms with E-state index in [0.29, 0.717) is 5.56 Å². The average molecular weight is 265 g/mol. The smallest absolute Gasteiger partial charge is 0.163 e. The van der Waals surface area contributed by atoms with Crippen LogP contribution in [0.4, 0.5) is 4.39 Å². The Balaban J connectivity index is 2.17. The molecule has 0 unspecified atom stereocenters. The maximum atomic E-state index is 13.1. The highest BCUT2D eigenvalue weighted by Crippen LogP contribution is 2.22. The molecule has 0 bridgehead atoms. The van der Waals surface area contributed by atoms with Crippen molar-refractivity contribution in [3.05, 3.63) is 45.7 Å². The van der Waals surface area contributed by atoms with Gasteiger partial charge in [0.1, 0.15) is 18.2 Å². The number of Topliss-reactive ketones (excluding diaryl/α,β-unsaturated/α-hetero) is 1. The summed E-state index contributed by atoms with van der Waals surface area (Å²) in [7, 11) is 0. The van der Waals surface area contributed by atoms with Crippen LogP contribution in [0.5, 0.6) is 5.75 Å². The molecular formula is C13H12FNO2S. The summed E-state index contributed by atoms with van der Waals surface area (Å²) in [5.41, 5.74) is 0.387. The number of carbonyl (C=O) groups excluding carboxylic acids is 1.